The van der Waals surface area contributed by atoms with Crippen LogP contribution in [0.3, 0.4) is 0 Å². The molecule has 0 unspecified atom stereocenters. The largest absolute Gasteiger partial charge is 0.392 e. The molecule has 0 heterocycles. The first-order valence-electron chi connectivity index (χ1n) is 5.92. The zero-order chi connectivity index (χ0) is 15.0. The van der Waals surface area contributed by atoms with Gasteiger partial charge in [-0.25, -0.2) is 0 Å². The number of nitrogens with one attached hydrogen (secondary N) is 1. The Morgan fingerprint density at radius 3 is 2.16 bits per heavy atom. The van der Waals surface area contributed by atoms with Gasteiger partial charge in [-0.2, -0.15) is 0 Å². The highest BCUT2D eigenvalue weighted by atomic mass is 32.1. The Bertz CT molecular complexity index is 369. The maximum absolute atomic E-state index is 11.8. The zero-order valence-corrected chi connectivity index (χ0v) is 12.2. The number of nitrogens with zero attached hydrogens (tertiary/aromatic N) is 2. The van der Waals surface area contributed by atoms with E-state index in [9.17, 15) is 14.4 Å². The van der Waals surface area contributed by atoms with Crippen molar-refractivity contribution in [3.8, 4) is 0 Å². The highest BCUT2D eigenvalue weighted by molar-refractivity contribution is 7.80. The number of nitrogens with two attached hydrogens (primary N) is 1. The van der Waals surface area contributed by atoms with E-state index < -0.39 is 11.8 Å². The van der Waals surface area contributed by atoms with Gasteiger partial charge in [-0.15, -0.1) is 0 Å². The molecule has 0 bridgehead atoms. The van der Waals surface area contributed by atoms with Crippen LogP contribution in [0.4, 0.5) is 0 Å². The molecule has 0 spiro atoms. The standard InChI is InChI=1S/C11H20N4O3S/c1-4-15(5-2)9(16)7-14(3)11(18)10(17)13-6-8(12)19/h4-7H2,1-3H3,(H2,12,19)(H,13,17). The molecule has 7 nitrogen and oxygen atoms in total. The zero-order valence-electron chi connectivity index (χ0n) is 11.4. The molecule has 0 fully saturated rings. The third-order valence-electron chi connectivity index (χ3n) is 2.45. The Kier molecular flexibility index (Phi) is 7.66. The number of hydrogen-bond donors (Lipinski definition) is 2. The quantitative estimate of drug-likeness (QED) is 0.468. The van der Waals surface area contributed by atoms with Gasteiger partial charge in [0, 0.05) is 20.1 Å². The summed E-state index contributed by atoms with van der Waals surface area (Å²) in [6.07, 6.45) is 0. The Morgan fingerprint density at radius 1 is 1.21 bits per heavy atom. The van der Waals surface area contributed by atoms with Crippen molar-refractivity contribution in [3.63, 3.8) is 0 Å². The highest BCUT2D eigenvalue weighted by Gasteiger charge is 2.21. The Balaban J connectivity index is 4.37. The number of carbonyl (C=O) groups is 3. The maximum atomic E-state index is 11.8. The van der Waals surface area contributed by atoms with Gasteiger partial charge in [0.2, 0.25) is 5.91 Å². The van der Waals surface area contributed by atoms with Crippen LogP contribution in [0.1, 0.15) is 13.8 Å². The molecule has 0 aromatic carbocycles. The molecule has 0 aromatic heterocycles. The molecular weight excluding hydrogens is 268 g/mol. The van der Waals surface area contributed by atoms with Crippen LogP contribution in [0.15, 0.2) is 0 Å². The minimum absolute atomic E-state index is 0.0439. The molecule has 0 saturated heterocycles. The predicted octanol–water partition coefficient (Wildman–Crippen LogP) is -1.28. The molecule has 0 aliphatic heterocycles. The molecule has 0 aliphatic rings. The van der Waals surface area contributed by atoms with Crippen molar-refractivity contribution in [1.29, 1.82) is 0 Å². The molecular formula is C11H20N4O3S. The number of hydrogen-bond acceptors (Lipinski definition) is 4. The first-order valence-corrected chi connectivity index (χ1v) is 6.33. The van der Waals surface area contributed by atoms with Gasteiger partial charge in [-0.3, -0.25) is 14.4 Å². The summed E-state index contributed by atoms with van der Waals surface area (Å²) in [6.45, 7) is 4.63. The lowest BCUT2D eigenvalue weighted by Crippen LogP contribution is -2.47. The second-order valence-corrected chi connectivity index (χ2v) is 4.40. The molecule has 0 atom stereocenters. The molecule has 19 heavy (non-hydrogen) atoms. The molecule has 0 rings (SSSR count). The second kappa shape index (κ2) is 8.41. The second-order valence-electron chi connectivity index (χ2n) is 3.88. The number of rotatable bonds is 6. The van der Waals surface area contributed by atoms with Gasteiger partial charge in [0.05, 0.1) is 18.1 Å². The molecule has 0 aliphatic carbocycles. The van der Waals surface area contributed by atoms with Crippen molar-refractivity contribution in [2.45, 2.75) is 13.8 Å². The number of likely N-dealkylation sites (N-methyl/N-ethyl adjacent to an activating group) is 2. The average molecular weight is 288 g/mol. The summed E-state index contributed by atoms with van der Waals surface area (Å²) in [7, 11) is 1.39. The van der Waals surface area contributed by atoms with E-state index in [2.05, 4.69) is 17.5 Å². The van der Waals surface area contributed by atoms with Gasteiger partial charge in [0.1, 0.15) is 0 Å². The van der Waals surface area contributed by atoms with E-state index in [-0.39, 0.29) is 24.0 Å². The van der Waals surface area contributed by atoms with Crippen LogP contribution in [0.2, 0.25) is 0 Å². The fourth-order valence-corrected chi connectivity index (χ4v) is 1.44. The SMILES string of the molecule is CCN(CC)C(=O)CN(C)C(=O)C(=O)NCC(N)=S. The lowest BCUT2D eigenvalue weighted by Gasteiger charge is -2.22. The molecule has 0 radical (unpaired) electrons. The summed E-state index contributed by atoms with van der Waals surface area (Å²) < 4.78 is 0. The van der Waals surface area contributed by atoms with Crippen LogP contribution in [0.5, 0.6) is 0 Å². The van der Waals surface area contributed by atoms with Crippen molar-refractivity contribution < 1.29 is 14.4 Å². The summed E-state index contributed by atoms with van der Waals surface area (Å²) in [5.41, 5.74) is 5.20. The molecule has 8 heteroatoms. The lowest BCUT2D eigenvalue weighted by molar-refractivity contribution is -0.147. The first kappa shape index (κ1) is 17.3. The van der Waals surface area contributed by atoms with Crippen LogP contribution < -0.4 is 11.1 Å². The van der Waals surface area contributed by atoms with Crippen LogP contribution in [0.25, 0.3) is 0 Å². The van der Waals surface area contributed by atoms with Crippen LogP contribution >= 0.6 is 12.2 Å². The Morgan fingerprint density at radius 2 is 1.74 bits per heavy atom. The highest BCUT2D eigenvalue weighted by Crippen LogP contribution is 1.93. The Labute approximate surface area is 118 Å². The van der Waals surface area contributed by atoms with Crippen LogP contribution in [-0.2, 0) is 14.4 Å². The average Bonchev–Trinajstić information content (AvgIpc) is 2.36. The number of amides is 3. The summed E-state index contributed by atoms with van der Waals surface area (Å²) in [6, 6.07) is 0. The van der Waals surface area contributed by atoms with E-state index in [0.29, 0.717) is 13.1 Å². The third kappa shape index (κ3) is 6.14. The molecule has 0 saturated carbocycles. The lowest BCUT2D eigenvalue weighted by atomic mass is 10.4. The fraction of sp³-hybridized carbons (Fsp3) is 0.636. The topological polar surface area (TPSA) is 95.7 Å². The van der Waals surface area contributed by atoms with Gasteiger partial charge in [-0.1, -0.05) is 12.2 Å². The van der Waals surface area contributed by atoms with E-state index >= 15 is 0 Å². The predicted molar refractivity (Wildman–Crippen MR) is 75.4 cm³/mol. The minimum atomic E-state index is -0.831. The van der Waals surface area contributed by atoms with Gasteiger partial charge in [0.15, 0.2) is 0 Å². The molecule has 0 aromatic rings. The van der Waals surface area contributed by atoms with E-state index in [0.717, 1.165) is 4.90 Å². The summed E-state index contributed by atoms with van der Waals surface area (Å²) >= 11 is 4.58. The summed E-state index contributed by atoms with van der Waals surface area (Å²) in [4.78, 5) is 37.6. The molecule has 108 valence electrons. The molecule has 3 N–H and O–H groups in total. The van der Waals surface area contributed by atoms with E-state index in [1.54, 1.807) is 4.90 Å². The minimum Gasteiger partial charge on any atom is -0.392 e. The maximum Gasteiger partial charge on any atom is 0.312 e. The van der Waals surface area contributed by atoms with Gasteiger partial charge >= 0.3 is 11.8 Å². The third-order valence-corrected chi connectivity index (χ3v) is 2.60. The van der Waals surface area contributed by atoms with Gasteiger partial charge in [-0.05, 0) is 13.8 Å². The van der Waals surface area contributed by atoms with Crippen molar-refractivity contribution >= 4 is 34.9 Å². The summed E-state index contributed by atoms with van der Waals surface area (Å²) in [5.74, 6) is -1.83. The Hall–Kier alpha value is -1.70. The van der Waals surface area contributed by atoms with E-state index in [4.69, 9.17) is 5.73 Å². The van der Waals surface area contributed by atoms with E-state index in [1.807, 2.05) is 13.8 Å². The van der Waals surface area contributed by atoms with Crippen molar-refractivity contribution in [3.05, 3.63) is 0 Å². The first-order chi connectivity index (χ1) is 8.83. The number of carbonyl (C=O) groups excluding carboxylic acids is 3. The fourth-order valence-electron chi connectivity index (χ4n) is 1.37. The monoisotopic (exact) mass is 288 g/mol. The van der Waals surface area contributed by atoms with Gasteiger partial charge in [0.25, 0.3) is 0 Å². The van der Waals surface area contributed by atoms with E-state index in [1.165, 1.54) is 7.05 Å². The van der Waals surface area contributed by atoms with Crippen LogP contribution in [0, 0.1) is 0 Å². The van der Waals surface area contributed by atoms with Crippen molar-refractivity contribution in [1.82, 2.24) is 15.1 Å². The van der Waals surface area contributed by atoms with Crippen molar-refractivity contribution in [2.24, 2.45) is 5.73 Å². The number of thiocarbonyl (C=S) groups is 1. The van der Waals surface area contributed by atoms with Crippen LogP contribution in [-0.4, -0.2) is 65.7 Å². The molecule has 3 amide bonds. The smallest absolute Gasteiger partial charge is 0.312 e. The van der Waals surface area contributed by atoms with Gasteiger partial charge < -0.3 is 20.9 Å². The normalized spacial score (nSPS) is 9.63. The summed E-state index contributed by atoms with van der Waals surface area (Å²) in [5, 5.41) is 2.27. The van der Waals surface area contributed by atoms with Crippen molar-refractivity contribution in [2.75, 3.05) is 33.2 Å².